The van der Waals surface area contributed by atoms with Crippen molar-refractivity contribution in [3.63, 3.8) is 0 Å². The molecule has 2 heterocycles. The molecular weight excluding hydrogens is 310 g/mol. The molecule has 2 aliphatic rings. The maximum atomic E-state index is 11.4. The van der Waals surface area contributed by atoms with Gasteiger partial charge in [-0.05, 0) is 0 Å². The van der Waals surface area contributed by atoms with Gasteiger partial charge in [-0.15, -0.1) is 0 Å². The molecule has 0 aromatic carbocycles. The van der Waals surface area contributed by atoms with E-state index in [2.05, 4.69) is 4.99 Å². The summed E-state index contributed by atoms with van der Waals surface area (Å²) in [7, 11) is 0. The predicted molar refractivity (Wildman–Crippen MR) is 73.8 cm³/mol. The minimum atomic E-state index is -0.959. The van der Waals surface area contributed by atoms with Crippen LogP contribution in [0.3, 0.4) is 0 Å². The third-order valence-electron chi connectivity index (χ3n) is 2.91. The van der Waals surface area contributed by atoms with Crippen LogP contribution >= 0.6 is 0 Å². The summed E-state index contributed by atoms with van der Waals surface area (Å²) in [5.41, 5.74) is 0. The minimum Gasteiger partial charge on any atom is -0.463 e. The number of ether oxygens (including phenoxy) is 5. The highest BCUT2D eigenvalue weighted by Crippen LogP contribution is 2.34. The normalized spacial score (nSPS) is 25.9. The Kier molecular flexibility index (Phi) is 4.99. The molecule has 126 valence electrons. The first kappa shape index (κ1) is 16.9. The van der Waals surface area contributed by atoms with Crippen molar-refractivity contribution < 1.29 is 38.1 Å². The molecule has 0 aromatic rings. The number of carbonyl (C=O) groups excluding carboxylic acids is 3. The first-order valence-corrected chi connectivity index (χ1v) is 6.88. The monoisotopic (exact) mass is 327 g/mol. The zero-order valence-electron chi connectivity index (χ0n) is 13.2. The molecule has 2 unspecified atom stereocenters. The Balaban J connectivity index is 2.39. The van der Waals surface area contributed by atoms with Crippen molar-refractivity contribution in [3.05, 3.63) is 11.5 Å². The van der Waals surface area contributed by atoms with E-state index in [1.165, 1.54) is 20.8 Å². The number of fused-ring (bicyclic) bond motifs is 1. The van der Waals surface area contributed by atoms with Crippen molar-refractivity contribution in [2.24, 2.45) is 4.99 Å². The standard InChI is InChI=1S/C14H17NO8/c1-6-15-11-13(22-9(4)18)12(21-8(3)17)10(5-19-7(2)16)23-14(11)20-6/h10-11,14H,5H2,1-4H3/t10?,11?,14-/m1/s1. The molecule has 0 saturated heterocycles. The smallest absolute Gasteiger partial charge is 0.307 e. The summed E-state index contributed by atoms with van der Waals surface area (Å²) in [6.45, 7) is 5.00. The summed E-state index contributed by atoms with van der Waals surface area (Å²) in [5.74, 6) is -1.50. The van der Waals surface area contributed by atoms with Gasteiger partial charge in [0.1, 0.15) is 6.61 Å². The van der Waals surface area contributed by atoms with E-state index in [0.29, 0.717) is 5.90 Å². The van der Waals surface area contributed by atoms with E-state index < -0.39 is 36.3 Å². The second-order valence-corrected chi connectivity index (χ2v) is 4.92. The summed E-state index contributed by atoms with van der Waals surface area (Å²) in [6.07, 6.45) is -1.82. The van der Waals surface area contributed by atoms with Crippen LogP contribution in [-0.4, -0.2) is 48.8 Å². The molecule has 23 heavy (non-hydrogen) atoms. The fourth-order valence-corrected chi connectivity index (χ4v) is 2.18. The first-order chi connectivity index (χ1) is 10.8. The summed E-state index contributed by atoms with van der Waals surface area (Å²) >= 11 is 0. The molecule has 0 fully saturated rings. The first-order valence-electron chi connectivity index (χ1n) is 6.88. The molecule has 0 radical (unpaired) electrons. The molecule has 0 amide bonds. The van der Waals surface area contributed by atoms with Crippen molar-refractivity contribution in [3.8, 4) is 0 Å². The lowest BCUT2D eigenvalue weighted by Gasteiger charge is -2.32. The van der Waals surface area contributed by atoms with Crippen LogP contribution in [0.15, 0.2) is 16.5 Å². The van der Waals surface area contributed by atoms with Gasteiger partial charge < -0.3 is 23.7 Å². The Morgan fingerprint density at radius 1 is 1.04 bits per heavy atom. The molecular formula is C14H17NO8. The van der Waals surface area contributed by atoms with Gasteiger partial charge in [-0.2, -0.15) is 0 Å². The lowest BCUT2D eigenvalue weighted by molar-refractivity contribution is -0.176. The van der Waals surface area contributed by atoms with E-state index in [4.69, 9.17) is 23.7 Å². The second kappa shape index (κ2) is 6.78. The van der Waals surface area contributed by atoms with E-state index in [0.717, 1.165) is 0 Å². The van der Waals surface area contributed by atoms with Crippen molar-refractivity contribution >= 4 is 23.8 Å². The maximum absolute atomic E-state index is 11.4. The molecule has 0 bridgehead atoms. The van der Waals surface area contributed by atoms with E-state index in [-0.39, 0.29) is 18.1 Å². The van der Waals surface area contributed by atoms with Gasteiger partial charge in [0.05, 0.1) is 0 Å². The van der Waals surface area contributed by atoms with Crippen LogP contribution in [0.5, 0.6) is 0 Å². The molecule has 0 N–H and O–H groups in total. The predicted octanol–water partition coefficient (Wildman–Crippen LogP) is 0.429. The highest BCUT2D eigenvalue weighted by atomic mass is 16.7. The Morgan fingerprint density at radius 3 is 2.22 bits per heavy atom. The van der Waals surface area contributed by atoms with Crippen LogP contribution in [0.4, 0.5) is 0 Å². The highest BCUT2D eigenvalue weighted by Gasteiger charge is 2.46. The van der Waals surface area contributed by atoms with Crippen molar-refractivity contribution in [2.45, 2.75) is 46.1 Å². The van der Waals surface area contributed by atoms with Crippen LogP contribution in [0, 0.1) is 0 Å². The minimum absolute atomic E-state index is 0.0120. The summed E-state index contributed by atoms with van der Waals surface area (Å²) in [6, 6.07) is -0.776. The third kappa shape index (κ3) is 4.07. The van der Waals surface area contributed by atoms with Crippen LogP contribution < -0.4 is 0 Å². The van der Waals surface area contributed by atoms with Gasteiger partial charge in [-0.1, -0.05) is 0 Å². The van der Waals surface area contributed by atoms with Gasteiger partial charge in [-0.25, -0.2) is 4.99 Å². The molecule has 2 aliphatic heterocycles. The van der Waals surface area contributed by atoms with Crippen LogP contribution in [0.2, 0.25) is 0 Å². The summed E-state index contributed by atoms with van der Waals surface area (Å²) in [5, 5.41) is 0. The Labute approximate surface area is 132 Å². The van der Waals surface area contributed by atoms with E-state index in [1.54, 1.807) is 6.92 Å². The maximum Gasteiger partial charge on any atom is 0.307 e. The van der Waals surface area contributed by atoms with Gasteiger partial charge in [0.25, 0.3) is 0 Å². The number of hydrogen-bond acceptors (Lipinski definition) is 9. The quantitative estimate of drug-likeness (QED) is 0.540. The summed E-state index contributed by atoms with van der Waals surface area (Å²) in [4.78, 5) is 37.9. The van der Waals surface area contributed by atoms with Gasteiger partial charge in [0, 0.05) is 27.7 Å². The zero-order chi connectivity index (χ0) is 17.1. The Bertz CT molecular complexity index is 594. The lowest BCUT2D eigenvalue weighted by Crippen LogP contribution is -2.43. The summed E-state index contributed by atoms with van der Waals surface area (Å²) < 4.78 is 26.2. The van der Waals surface area contributed by atoms with Crippen molar-refractivity contribution in [1.29, 1.82) is 0 Å². The average molecular weight is 327 g/mol. The van der Waals surface area contributed by atoms with Crippen LogP contribution in [0.25, 0.3) is 0 Å². The molecule has 0 aliphatic carbocycles. The van der Waals surface area contributed by atoms with E-state index >= 15 is 0 Å². The second-order valence-electron chi connectivity index (χ2n) is 4.92. The molecule has 0 spiro atoms. The van der Waals surface area contributed by atoms with Gasteiger partial charge >= 0.3 is 17.9 Å². The molecule has 0 aromatic heterocycles. The molecule has 9 heteroatoms. The fourth-order valence-electron chi connectivity index (χ4n) is 2.18. The number of carbonyl (C=O) groups is 3. The molecule has 0 saturated carbocycles. The number of esters is 3. The topological polar surface area (TPSA) is 110 Å². The SMILES string of the molecule is CC(=O)OCC1O[C@H]2OC(C)=NC2C(OC(C)=O)=C1OC(C)=O. The fraction of sp³-hybridized carbons (Fsp3) is 0.571. The van der Waals surface area contributed by atoms with Crippen LogP contribution in [-0.2, 0) is 38.1 Å². The molecule has 2 rings (SSSR count). The van der Waals surface area contributed by atoms with Gasteiger partial charge in [0.15, 0.2) is 29.6 Å². The number of aliphatic imine (C=N–C) groups is 1. The highest BCUT2D eigenvalue weighted by molar-refractivity contribution is 5.76. The number of nitrogens with zero attached hydrogens (tertiary/aromatic N) is 1. The van der Waals surface area contributed by atoms with Crippen molar-refractivity contribution in [1.82, 2.24) is 0 Å². The van der Waals surface area contributed by atoms with Gasteiger partial charge in [-0.3, -0.25) is 14.4 Å². The van der Waals surface area contributed by atoms with Crippen LogP contribution in [0.1, 0.15) is 27.7 Å². The Morgan fingerprint density at radius 2 is 1.65 bits per heavy atom. The zero-order valence-corrected chi connectivity index (χ0v) is 13.2. The largest absolute Gasteiger partial charge is 0.463 e. The molecule has 9 nitrogen and oxygen atoms in total. The number of rotatable bonds is 4. The van der Waals surface area contributed by atoms with Gasteiger partial charge in [0.2, 0.25) is 6.29 Å². The third-order valence-corrected chi connectivity index (χ3v) is 2.91. The van der Waals surface area contributed by atoms with E-state index in [9.17, 15) is 14.4 Å². The van der Waals surface area contributed by atoms with Crippen molar-refractivity contribution in [2.75, 3.05) is 6.61 Å². The number of hydrogen-bond donors (Lipinski definition) is 0. The molecule has 3 atom stereocenters. The lowest BCUT2D eigenvalue weighted by atomic mass is 10.1. The van der Waals surface area contributed by atoms with E-state index in [1.807, 2.05) is 0 Å². The Hall–Kier alpha value is -2.42. The average Bonchev–Trinajstić information content (AvgIpc) is 2.78.